The van der Waals surface area contributed by atoms with E-state index in [-0.39, 0.29) is 0 Å². The van der Waals surface area contributed by atoms with Gasteiger partial charge in [0.25, 0.3) is 0 Å². The van der Waals surface area contributed by atoms with Gasteiger partial charge in [0.1, 0.15) is 0 Å². The lowest BCUT2D eigenvalue weighted by Crippen LogP contribution is -1.89. The molecule has 0 radical (unpaired) electrons. The molecule has 10 heavy (non-hydrogen) atoms. The summed E-state index contributed by atoms with van der Waals surface area (Å²) in [4.78, 5) is 3.48. The molecule has 0 saturated carbocycles. The summed E-state index contributed by atoms with van der Waals surface area (Å²) in [6.45, 7) is 3.50. The van der Waals surface area contributed by atoms with Crippen LogP contribution in [-0.2, 0) is 6.42 Å². The largest absolute Gasteiger partial charge is 0.228 e. The molecule has 1 aromatic rings. The first kappa shape index (κ1) is 6.93. The number of allylic oxidation sites excluding steroid dienone is 1. The lowest BCUT2D eigenvalue weighted by Gasteiger charge is -1.94. The molecule has 0 spiro atoms. The van der Waals surface area contributed by atoms with Crippen LogP contribution in [0, 0.1) is 5.95 Å². The summed E-state index contributed by atoms with van der Waals surface area (Å²) in [6, 6.07) is 3.41. The molecule has 0 fully saturated rings. The Bertz CT molecular complexity index is 232. The summed E-state index contributed by atoms with van der Waals surface area (Å²) in [5, 5.41) is 0. The van der Waals surface area contributed by atoms with Crippen molar-refractivity contribution in [3.8, 4) is 0 Å². The fourth-order valence-electron chi connectivity index (χ4n) is 0.727. The van der Waals surface area contributed by atoms with E-state index in [1.165, 1.54) is 6.20 Å². The van der Waals surface area contributed by atoms with Crippen molar-refractivity contribution in [1.82, 2.24) is 4.98 Å². The number of halogens is 1. The van der Waals surface area contributed by atoms with Gasteiger partial charge in [0.15, 0.2) is 0 Å². The van der Waals surface area contributed by atoms with Crippen LogP contribution in [0.1, 0.15) is 5.56 Å². The lowest BCUT2D eigenvalue weighted by atomic mass is 10.2. The average Bonchev–Trinajstić information content (AvgIpc) is 1.94. The Labute approximate surface area is 59.2 Å². The Morgan fingerprint density at radius 2 is 2.50 bits per heavy atom. The van der Waals surface area contributed by atoms with Crippen molar-refractivity contribution < 1.29 is 4.39 Å². The first-order chi connectivity index (χ1) is 4.84. The zero-order chi connectivity index (χ0) is 7.40. The van der Waals surface area contributed by atoms with Crippen molar-refractivity contribution in [2.75, 3.05) is 0 Å². The second-order valence-electron chi connectivity index (χ2n) is 1.95. The van der Waals surface area contributed by atoms with Crippen LogP contribution in [0.5, 0.6) is 0 Å². The van der Waals surface area contributed by atoms with Crippen LogP contribution in [0.2, 0.25) is 0 Å². The van der Waals surface area contributed by atoms with Gasteiger partial charge in [-0.05, 0) is 12.5 Å². The van der Waals surface area contributed by atoms with Gasteiger partial charge in [-0.2, -0.15) is 4.39 Å². The summed E-state index contributed by atoms with van der Waals surface area (Å²) in [5.41, 5.74) is 0.595. The molecule has 52 valence electrons. The van der Waals surface area contributed by atoms with Gasteiger partial charge in [0.05, 0.1) is 0 Å². The molecule has 0 aliphatic rings. The number of rotatable bonds is 2. The van der Waals surface area contributed by atoms with Crippen LogP contribution in [0.4, 0.5) is 4.39 Å². The highest BCUT2D eigenvalue weighted by Crippen LogP contribution is 2.03. The van der Waals surface area contributed by atoms with E-state index in [9.17, 15) is 4.39 Å². The van der Waals surface area contributed by atoms with E-state index in [1.807, 2.05) is 0 Å². The van der Waals surface area contributed by atoms with Gasteiger partial charge in [-0.25, -0.2) is 4.98 Å². The molecule has 0 amide bonds. The summed E-state index contributed by atoms with van der Waals surface area (Å²) >= 11 is 0. The summed E-state index contributed by atoms with van der Waals surface area (Å²) in [6.07, 6.45) is 3.63. The molecule has 0 saturated heterocycles. The van der Waals surface area contributed by atoms with Crippen LogP contribution >= 0.6 is 0 Å². The van der Waals surface area contributed by atoms with Crippen molar-refractivity contribution in [1.29, 1.82) is 0 Å². The second kappa shape index (κ2) is 3.11. The molecular formula is C8H8FN. The van der Waals surface area contributed by atoms with E-state index in [0.717, 1.165) is 0 Å². The highest BCUT2D eigenvalue weighted by Gasteiger charge is 1.96. The average molecular weight is 137 g/mol. The normalized spacial score (nSPS) is 9.30. The Hall–Kier alpha value is -1.18. The van der Waals surface area contributed by atoms with E-state index in [4.69, 9.17) is 0 Å². The zero-order valence-corrected chi connectivity index (χ0v) is 5.55. The van der Waals surface area contributed by atoms with Gasteiger partial charge < -0.3 is 0 Å². The number of hydrogen-bond acceptors (Lipinski definition) is 1. The molecular weight excluding hydrogens is 129 g/mol. The van der Waals surface area contributed by atoms with Gasteiger partial charge >= 0.3 is 0 Å². The van der Waals surface area contributed by atoms with E-state index >= 15 is 0 Å². The van der Waals surface area contributed by atoms with Crippen LogP contribution in [0.3, 0.4) is 0 Å². The van der Waals surface area contributed by atoms with Gasteiger partial charge in [-0.1, -0.05) is 12.1 Å². The Morgan fingerprint density at radius 1 is 1.70 bits per heavy atom. The van der Waals surface area contributed by atoms with Crippen molar-refractivity contribution in [2.45, 2.75) is 6.42 Å². The van der Waals surface area contributed by atoms with Crippen molar-refractivity contribution in [3.63, 3.8) is 0 Å². The lowest BCUT2D eigenvalue weighted by molar-refractivity contribution is 0.571. The summed E-state index contributed by atoms with van der Waals surface area (Å²) < 4.78 is 12.6. The third kappa shape index (κ3) is 1.41. The molecule has 0 aliphatic carbocycles. The Balaban J connectivity index is 2.91. The van der Waals surface area contributed by atoms with E-state index in [1.54, 1.807) is 18.2 Å². The van der Waals surface area contributed by atoms with E-state index < -0.39 is 5.95 Å². The minimum Gasteiger partial charge on any atom is -0.228 e. The van der Waals surface area contributed by atoms with Crippen LogP contribution < -0.4 is 0 Å². The van der Waals surface area contributed by atoms with E-state index in [2.05, 4.69) is 11.6 Å². The third-order valence-corrected chi connectivity index (χ3v) is 1.20. The highest BCUT2D eigenvalue weighted by atomic mass is 19.1. The van der Waals surface area contributed by atoms with Crippen LogP contribution in [-0.4, -0.2) is 4.98 Å². The van der Waals surface area contributed by atoms with Crippen molar-refractivity contribution >= 4 is 0 Å². The predicted octanol–water partition coefficient (Wildman–Crippen LogP) is 1.95. The maximum Gasteiger partial charge on any atom is 0.216 e. The minimum atomic E-state index is -0.401. The first-order valence-electron chi connectivity index (χ1n) is 3.05. The zero-order valence-electron chi connectivity index (χ0n) is 5.55. The quantitative estimate of drug-likeness (QED) is 0.448. The monoisotopic (exact) mass is 137 g/mol. The first-order valence-corrected chi connectivity index (χ1v) is 3.05. The van der Waals surface area contributed by atoms with E-state index in [0.29, 0.717) is 12.0 Å². The molecule has 0 unspecified atom stereocenters. The molecule has 0 bridgehead atoms. The number of aromatic nitrogens is 1. The SMILES string of the molecule is C=CCc1cccnc1F. The van der Waals surface area contributed by atoms with Crippen LogP contribution in [0.25, 0.3) is 0 Å². The molecule has 0 N–H and O–H groups in total. The number of nitrogens with zero attached hydrogens (tertiary/aromatic N) is 1. The molecule has 0 aromatic carbocycles. The number of pyridine rings is 1. The van der Waals surface area contributed by atoms with Gasteiger partial charge in [0, 0.05) is 11.8 Å². The standard InChI is InChI=1S/C8H8FN/c1-2-4-7-5-3-6-10-8(7)9/h2-3,5-6H,1,4H2. The molecule has 0 atom stereocenters. The Kier molecular flexibility index (Phi) is 2.15. The molecule has 1 rings (SSSR count). The topological polar surface area (TPSA) is 12.9 Å². The maximum absolute atomic E-state index is 12.6. The van der Waals surface area contributed by atoms with Crippen molar-refractivity contribution in [2.24, 2.45) is 0 Å². The van der Waals surface area contributed by atoms with Gasteiger partial charge in [-0.15, -0.1) is 6.58 Å². The van der Waals surface area contributed by atoms with Gasteiger partial charge in [-0.3, -0.25) is 0 Å². The smallest absolute Gasteiger partial charge is 0.216 e. The third-order valence-electron chi connectivity index (χ3n) is 1.20. The minimum absolute atomic E-state index is 0.401. The highest BCUT2D eigenvalue weighted by molar-refractivity contribution is 5.13. The predicted molar refractivity (Wildman–Crippen MR) is 38.1 cm³/mol. The van der Waals surface area contributed by atoms with Gasteiger partial charge in [0.2, 0.25) is 5.95 Å². The summed E-state index contributed by atoms with van der Waals surface area (Å²) in [5.74, 6) is -0.401. The maximum atomic E-state index is 12.6. The van der Waals surface area contributed by atoms with Crippen molar-refractivity contribution in [3.05, 3.63) is 42.5 Å². The molecule has 1 nitrogen and oxygen atoms in total. The molecule has 1 heterocycles. The van der Waals surface area contributed by atoms with Crippen LogP contribution in [0.15, 0.2) is 31.0 Å². The number of hydrogen-bond donors (Lipinski definition) is 0. The fourth-order valence-corrected chi connectivity index (χ4v) is 0.727. The molecule has 0 aliphatic heterocycles. The molecule has 1 aromatic heterocycles. The second-order valence-corrected chi connectivity index (χ2v) is 1.95. The summed E-state index contributed by atoms with van der Waals surface area (Å²) in [7, 11) is 0. The fraction of sp³-hybridized carbons (Fsp3) is 0.125. The molecule has 2 heteroatoms. The Morgan fingerprint density at radius 3 is 3.10 bits per heavy atom.